The van der Waals surface area contributed by atoms with Crippen molar-refractivity contribution in [3.63, 3.8) is 0 Å². The number of benzene rings is 1. The fourth-order valence-corrected chi connectivity index (χ4v) is 4.47. The largest absolute Gasteiger partial charge is 0.358 e. The molecule has 0 amide bonds. The van der Waals surface area contributed by atoms with E-state index in [2.05, 4.69) is 29.2 Å². The number of aromatic amines is 1. The lowest BCUT2D eigenvalue weighted by Crippen LogP contribution is -2.09. The zero-order valence-electron chi connectivity index (χ0n) is 11.6. The lowest BCUT2D eigenvalue weighted by atomic mass is 9.82. The van der Waals surface area contributed by atoms with Crippen LogP contribution in [0.1, 0.15) is 62.1 Å². The standard InChI is InChI=1S/C18H23N/c1-2-4-8-13(7-3-1)14-11-12-17-18(14)15-9-5-6-10-16(15)19-17/h5-6,9-10,13-14,19H,1-4,7-8,11-12H2. The predicted octanol–water partition coefficient (Wildman–Crippen LogP) is 5.17. The van der Waals surface area contributed by atoms with E-state index in [0.29, 0.717) is 0 Å². The van der Waals surface area contributed by atoms with Crippen LogP contribution in [0.2, 0.25) is 0 Å². The van der Waals surface area contributed by atoms with Gasteiger partial charge in [0.15, 0.2) is 0 Å². The Morgan fingerprint density at radius 2 is 1.68 bits per heavy atom. The van der Waals surface area contributed by atoms with E-state index in [1.807, 2.05) is 0 Å². The van der Waals surface area contributed by atoms with Crippen LogP contribution in [0.4, 0.5) is 0 Å². The van der Waals surface area contributed by atoms with Gasteiger partial charge < -0.3 is 4.98 Å². The van der Waals surface area contributed by atoms with Crippen LogP contribution in [-0.4, -0.2) is 4.98 Å². The maximum Gasteiger partial charge on any atom is 0.0459 e. The average Bonchev–Trinajstić information content (AvgIpc) is 2.88. The van der Waals surface area contributed by atoms with E-state index in [0.717, 1.165) is 11.8 Å². The molecule has 0 bridgehead atoms. The topological polar surface area (TPSA) is 15.8 Å². The molecule has 1 heterocycles. The third kappa shape index (κ3) is 1.91. The Hall–Kier alpha value is -1.24. The number of rotatable bonds is 1. The molecule has 1 N–H and O–H groups in total. The predicted molar refractivity (Wildman–Crippen MR) is 80.6 cm³/mol. The molecule has 1 fully saturated rings. The fourth-order valence-electron chi connectivity index (χ4n) is 4.47. The summed E-state index contributed by atoms with van der Waals surface area (Å²) in [5.74, 6) is 1.78. The van der Waals surface area contributed by atoms with Gasteiger partial charge >= 0.3 is 0 Å². The Bertz CT molecular complexity index is 572. The van der Waals surface area contributed by atoms with E-state index >= 15 is 0 Å². The van der Waals surface area contributed by atoms with Gasteiger partial charge in [-0.3, -0.25) is 0 Å². The molecule has 0 saturated heterocycles. The molecule has 0 radical (unpaired) electrons. The van der Waals surface area contributed by atoms with Crippen molar-refractivity contribution < 1.29 is 0 Å². The van der Waals surface area contributed by atoms with Gasteiger partial charge in [0.1, 0.15) is 0 Å². The first-order chi connectivity index (χ1) is 9.43. The molecule has 1 aromatic heterocycles. The van der Waals surface area contributed by atoms with Gasteiger partial charge in [-0.15, -0.1) is 0 Å². The summed E-state index contributed by atoms with van der Waals surface area (Å²) in [7, 11) is 0. The summed E-state index contributed by atoms with van der Waals surface area (Å²) in [5, 5.41) is 1.50. The van der Waals surface area contributed by atoms with Gasteiger partial charge in [0, 0.05) is 16.6 Å². The van der Waals surface area contributed by atoms with E-state index in [-0.39, 0.29) is 0 Å². The van der Waals surface area contributed by atoms with Crippen molar-refractivity contribution in [3.05, 3.63) is 35.5 Å². The summed E-state index contributed by atoms with van der Waals surface area (Å²) in [6.45, 7) is 0. The molecular formula is C18H23N. The minimum atomic E-state index is 0.837. The highest BCUT2D eigenvalue weighted by atomic mass is 14.7. The summed E-state index contributed by atoms with van der Waals surface area (Å²) in [6, 6.07) is 8.89. The first-order valence-electron chi connectivity index (χ1n) is 8.03. The van der Waals surface area contributed by atoms with Crippen LogP contribution >= 0.6 is 0 Å². The van der Waals surface area contributed by atoms with Crippen LogP contribution < -0.4 is 0 Å². The van der Waals surface area contributed by atoms with Crippen LogP contribution in [-0.2, 0) is 6.42 Å². The number of para-hydroxylation sites is 1. The second-order valence-electron chi connectivity index (χ2n) is 6.46. The summed E-state index contributed by atoms with van der Waals surface area (Å²) < 4.78 is 0. The van der Waals surface area contributed by atoms with Gasteiger partial charge in [-0.05, 0) is 49.1 Å². The molecule has 1 unspecified atom stereocenters. The Morgan fingerprint density at radius 1 is 0.895 bits per heavy atom. The molecule has 1 heteroatoms. The van der Waals surface area contributed by atoms with Crippen LogP contribution in [0.25, 0.3) is 10.9 Å². The SMILES string of the molecule is c1ccc2c3c([nH]c2c1)CCC3C1CCCCCC1. The highest BCUT2D eigenvalue weighted by Gasteiger charge is 2.32. The van der Waals surface area contributed by atoms with Gasteiger partial charge in [0.2, 0.25) is 0 Å². The first-order valence-corrected chi connectivity index (χ1v) is 8.03. The van der Waals surface area contributed by atoms with Crippen LogP contribution in [0.5, 0.6) is 0 Å². The van der Waals surface area contributed by atoms with Crippen LogP contribution in [0, 0.1) is 5.92 Å². The Morgan fingerprint density at radius 3 is 2.53 bits per heavy atom. The molecule has 1 saturated carbocycles. The molecule has 2 aliphatic rings. The first kappa shape index (κ1) is 11.6. The molecule has 100 valence electrons. The van der Waals surface area contributed by atoms with Crippen LogP contribution in [0.15, 0.2) is 24.3 Å². The van der Waals surface area contributed by atoms with E-state index in [1.54, 1.807) is 5.56 Å². The van der Waals surface area contributed by atoms with Gasteiger partial charge in [-0.1, -0.05) is 43.9 Å². The molecule has 4 rings (SSSR count). The van der Waals surface area contributed by atoms with Crippen LogP contribution in [0.3, 0.4) is 0 Å². The fraction of sp³-hybridized carbons (Fsp3) is 0.556. The Kier molecular flexibility index (Phi) is 2.86. The normalized spacial score (nSPS) is 24.5. The molecule has 19 heavy (non-hydrogen) atoms. The molecule has 1 nitrogen and oxygen atoms in total. The van der Waals surface area contributed by atoms with Crippen molar-refractivity contribution in [1.29, 1.82) is 0 Å². The third-order valence-electron chi connectivity index (χ3n) is 5.37. The zero-order valence-corrected chi connectivity index (χ0v) is 11.6. The number of H-pyrrole nitrogens is 1. The minimum Gasteiger partial charge on any atom is -0.358 e. The number of hydrogen-bond acceptors (Lipinski definition) is 0. The number of nitrogens with one attached hydrogen (secondary N) is 1. The summed E-state index contributed by atoms with van der Waals surface area (Å²) in [4.78, 5) is 3.66. The second kappa shape index (κ2) is 4.70. The van der Waals surface area contributed by atoms with Crippen molar-refractivity contribution in [2.75, 3.05) is 0 Å². The highest BCUT2D eigenvalue weighted by molar-refractivity contribution is 5.85. The Balaban J connectivity index is 1.73. The highest BCUT2D eigenvalue weighted by Crippen LogP contribution is 2.46. The molecular weight excluding hydrogens is 230 g/mol. The molecule has 0 spiro atoms. The summed E-state index contributed by atoms with van der Waals surface area (Å²) in [5.41, 5.74) is 4.57. The quantitative estimate of drug-likeness (QED) is 0.675. The molecule has 1 atom stereocenters. The third-order valence-corrected chi connectivity index (χ3v) is 5.37. The van der Waals surface area contributed by atoms with Crippen molar-refractivity contribution >= 4 is 10.9 Å². The van der Waals surface area contributed by atoms with Gasteiger partial charge in [0.25, 0.3) is 0 Å². The second-order valence-corrected chi connectivity index (χ2v) is 6.46. The maximum atomic E-state index is 3.66. The lowest BCUT2D eigenvalue weighted by Gasteiger charge is -2.22. The Labute approximate surface area is 115 Å². The lowest BCUT2D eigenvalue weighted by molar-refractivity contribution is 0.375. The van der Waals surface area contributed by atoms with Crippen molar-refractivity contribution in [1.82, 2.24) is 4.98 Å². The van der Waals surface area contributed by atoms with Crippen molar-refractivity contribution in [3.8, 4) is 0 Å². The monoisotopic (exact) mass is 253 g/mol. The number of hydrogen-bond donors (Lipinski definition) is 1. The molecule has 2 aromatic rings. The van der Waals surface area contributed by atoms with Crippen molar-refractivity contribution in [2.24, 2.45) is 5.92 Å². The van der Waals surface area contributed by atoms with E-state index in [1.165, 1.54) is 68.0 Å². The number of aromatic nitrogens is 1. The van der Waals surface area contributed by atoms with E-state index in [9.17, 15) is 0 Å². The maximum absolute atomic E-state index is 3.66. The van der Waals surface area contributed by atoms with Gasteiger partial charge in [-0.25, -0.2) is 0 Å². The van der Waals surface area contributed by atoms with Gasteiger partial charge in [0.05, 0.1) is 0 Å². The smallest absolute Gasteiger partial charge is 0.0459 e. The molecule has 2 aliphatic carbocycles. The summed E-state index contributed by atoms with van der Waals surface area (Å²) >= 11 is 0. The van der Waals surface area contributed by atoms with Gasteiger partial charge in [-0.2, -0.15) is 0 Å². The zero-order chi connectivity index (χ0) is 12.7. The van der Waals surface area contributed by atoms with E-state index in [4.69, 9.17) is 0 Å². The average molecular weight is 253 g/mol. The number of fused-ring (bicyclic) bond motifs is 3. The van der Waals surface area contributed by atoms with E-state index < -0.39 is 0 Å². The summed E-state index contributed by atoms with van der Waals surface area (Å²) in [6.07, 6.45) is 11.4. The minimum absolute atomic E-state index is 0.837. The number of aryl methyl sites for hydroxylation is 1. The van der Waals surface area contributed by atoms with Crippen molar-refractivity contribution in [2.45, 2.75) is 57.3 Å². The molecule has 1 aromatic carbocycles. The molecule has 0 aliphatic heterocycles.